The average Bonchev–Trinajstić information content (AvgIpc) is 2.41. The number of rotatable bonds is 3. The molecule has 6 heteroatoms. The molecule has 0 aliphatic heterocycles. The molecule has 0 fully saturated rings. The van der Waals surface area contributed by atoms with Crippen molar-refractivity contribution < 1.29 is 9.18 Å². The number of aromatic nitrogens is 1. The van der Waals surface area contributed by atoms with Crippen molar-refractivity contribution in [1.82, 2.24) is 10.3 Å². The van der Waals surface area contributed by atoms with Crippen LogP contribution in [0.15, 0.2) is 36.5 Å². The minimum atomic E-state index is -0.321. The summed E-state index contributed by atoms with van der Waals surface area (Å²) in [6.07, 6.45) is 1.35. The number of nitrogens with zero attached hydrogens (tertiary/aromatic N) is 1. The summed E-state index contributed by atoms with van der Waals surface area (Å²) in [5, 5.41) is 2.91. The third kappa shape index (κ3) is 3.42. The first-order valence-electron chi connectivity index (χ1n) is 5.50. The quantitative estimate of drug-likeness (QED) is 0.906. The number of hydrogen-bond acceptors (Lipinski definition) is 3. The van der Waals surface area contributed by atoms with Gasteiger partial charge in [0.25, 0.3) is 5.91 Å². The highest BCUT2D eigenvalue weighted by Gasteiger charge is 2.08. The normalized spacial score (nSPS) is 10.2. The summed E-state index contributed by atoms with van der Waals surface area (Å²) in [7, 11) is 0. The third-order valence-electron chi connectivity index (χ3n) is 2.50. The Bertz CT molecular complexity index is 601. The molecule has 0 saturated heterocycles. The van der Waals surface area contributed by atoms with Crippen LogP contribution in [0, 0.1) is 5.82 Å². The van der Waals surface area contributed by atoms with E-state index in [9.17, 15) is 9.18 Å². The van der Waals surface area contributed by atoms with Crippen molar-refractivity contribution in [1.29, 1.82) is 0 Å². The van der Waals surface area contributed by atoms with Crippen LogP contribution in [0.2, 0.25) is 5.02 Å². The van der Waals surface area contributed by atoms with E-state index in [0.29, 0.717) is 12.1 Å². The second-order valence-electron chi connectivity index (χ2n) is 3.90. The van der Waals surface area contributed by atoms with Crippen LogP contribution in [0.3, 0.4) is 0 Å². The Morgan fingerprint density at radius 2 is 2.05 bits per heavy atom. The van der Waals surface area contributed by atoms with Gasteiger partial charge in [0.15, 0.2) is 0 Å². The van der Waals surface area contributed by atoms with Crippen molar-refractivity contribution in [2.45, 2.75) is 6.54 Å². The number of benzene rings is 1. The van der Waals surface area contributed by atoms with Crippen molar-refractivity contribution in [3.63, 3.8) is 0 Å². The van der Waals surface area contributed by atoms with Gasteiger partial charge in [-0.05, 0) is 23.8 Å². The summed E-state index contributed by atoms with van der Waals surface area (Å²) in [6.45, 7) is 0.293. The number of nitrogens with two attached hydrogens (primary N) is 1. The second-order valence-corrected chi connectivity index (χ2v) is 4.31. The van der Waals surface area contributed by atoms with E-state index in [2.05, 4.69) is 10.3 Å². The number of pyridine rings is 1. The average molecular weight is 280 g/mol. The van der Waals surface area contributed by atoms with Crippen molar-refractivity contribution >= 4 is 23.3 Å². The molecular formula is C13H11ClFN3O. The number of anilines is 1. The summed E-state index contributed by atoms with van der Waals surface area (Å²) in [6, 6.07) is 7.32. The number of nitrogens with one attached hydrogen (secondary N) is 1. The van der Waals surface area contributed by atoms with Crippen molar-refractivity contribution in [3.8, 4) is 0 Å². The largest absolute Gasteiger partial charge is 0.382 e. The standard InChI is InChI=1S/C13H11ClFN3O/c14-11-5-9(7-17-12(11)16)13(19)18-6-8-1-3-10(15)4-2-8/h1-5,7H,6H2,(H2,16,17)(H,18,19). The van der Waals surface area contributed by atoms with E-state index in [0.717, 1.165) is 5.56 Å². The molecule has 0 saturated carbocycles. The van der Waals surface area contributed by atoms with Crippen LogP contribution in [-0.4, -0.2) is 10.9 Å². The molecule has 0 aliphatic rings. The Morgan fingerprint density at radius 1 is 1.37 bits per heavy atom. The lowest BCUT2D eigenvalue weighted by Gasteiger charge is -2.06. The molecule has 0 bridgehead atoms. The van der Waals surface area contributed by atoms with Gasteiger partial charge >= 0.3 is 0 Å². The van der Waals surface area contributed by atoms with Crippen LogP contribution in [0.25, 0.3) is 0 Å². The number of amides is 1. The zero-order chi connectivity index (χ0) is 13.8. The molecular weight excluding hydrogens is 269 g/mol. The number of hydrogen-bond donors (Lipinski definition) is 2. The minimum absolute atomic E-state index is 0.178. The van der Waals surface area contributed by atoms with Gasteiger partial charge in [-0.15, -0.1) is 0 Å². The summed E-state index contributed by atoms with van der Waals surface area (Å²) in [4.78, 5) is 15.6. The van der Waals surface area contributed by atoms with E-state index in [4.69, 9.17) is 17.3 Å². The second kappa shape index (κ2) is 5.67. The predicted octanol–water partition coefficient (Wildman–Crippen LogP) is 2.39. The third-order valence-corrected chi connectivity index (χ3v) is 2.80. The number of carbonyl (C=O) groups is 1. The highest BCUT2D eigenvalue weighted by atomic mass is 35.5. The molecule has 1 aromatic heterocycles. The number of halogens is 2. The van der Waals surface area contributed by atoms with E-state index in [1.807, 2.05) is 0 Å². The van der Waals surface area contributed by atoms with E-state index >= 15 is 0 Å². The monoisotopic (exact) mass is 279 g/mol. The van der Waals surface area contributed by atoms with Crippen LogP contribution in [0.4, 0.5) is 10.2 Å². The fraction of sp³-hybridized carbons (Fsp3) is 0.0769. The highest BCUT2D eigenvalue weighted by Crippen LogP contribution is 2.16. The van der Waals surface area contributed by atoms with Crippen molar-refractivity contribution in [3.05, 3.63) is 58.5 Å². The predicted molar refractivity (Wildman–Crippen MR) is 71.2 cm³/mol. The maximum Gasteiger partial charge on any atom is 0.253 e. The molecule has 1 amide bonds. The highest BCUT2D eigenvalue weighted by molar-refractivity contribution is 6.33. The van der Waals surface area contributed by atoms with Gasteiger partial charge in [-0.1, -0.05) is 23.7 Å². The molecule has 98 valence electrons. The van der Waals surface area contributed by atoms with E-state index < -0.39 is 0 Å². The van der Waals surface area contributed by atoms with Gasteiger partial charge in [0, 0.05) is 12.7 Å². The molecule has 1 heterocycles. The Morgan fingerprint density at radius 3 is 2.68 bits per heavy atom. The van der Waals surface area contributed by atoms with Gasteiger partial charge < -0.3 is 11.1 Å². The Balaban J connectivity index is 2.01. The number of nitrogen functional groups attached to an aromatic ring is 1. The molecule has 3 N–H and O–H groups in total. The van der Waals surface area contributed by atoms with Crippen molar-refractivity contribution in [2.75, 3.05) is 5.73 Å². The zero-order valence-corrected chi connectivity index (χ0v) is 10.6. The first kappa shape index (κ1) is 13.3. The smallest absolute Gasteiger partial charge is 0.253 e. The Hall–Kier alpha value is -2.14. The van der Waals surface area contributed by atoms with Gasteiger partial charge in [0.1, 0.15) is 11.6 Å². The van der Waals surface area contributed by atoms with Crippen LogP contribution in [0.1, 0.15) is 15.9 Å². The van der Waals surface area contributed by atoms with Crippen LogP contribution < -0.4 is 11.1 Å². The molecule has 2 aromatic rings. The lowest BCUT2D eigenvalue weighted by atomic mass is 10.2. The molecule has 0 spiro atoms. The van der Waals surface area contributed by atoms with Gasteiger partial charge in [0.05, 0.1) is 10.6 Å². The minimum Gasteiger partial charge on any atom is -0.382 e. The molecule has 0 atom stereocenters. The molecule has 0 aliphatic carbocycles. The van der Waals surface area contributed by atoms with Crippen LogP contribution >= 0.6 is 11.6 Å². The number of carbonyl (C=O) groups excluding carboxylic acids is 1. The first-order chi connectivity index (χ1) is 9.06. The zero-order valence-electron chi connectivity index (χ0n) is 9.86. The topological polar surface area (TPSA) is 68.0 Å². The lowest BCUT2D eigenvalue weighted by Crippen LogP contribution is -2.23. The molecule has 2 rings (SSSR count). The van der Waals surface area contributed by atoms with Crippen LogP contribution in [-0.2, 0) is 6.54 Å². The molecule has 0 radical (unpaired) electrons. The summed E-state index contributed by atoms with van der Waals surface area (Å²) < 4.78 is 12.7. The van der Waals surface area contributed by atoms with Gasteiger partial charge in [0.2, 0.25) is 0 Å². The Kier molecular flexibility index (Phi) is 3.97. The Labute approximate surface area is 114 Å². The molecule has 4 nitrogen and oxygen atoms in total. The molecule has 19 heavy (non-hydrogen) atoms. The van der Waals surface area contributed by atoms with Gasteiger partial charge in [-0.3, -0.25) is 4.79 Å². The first-order valence-corrected chi connectivity index (χ1v) is 5.88. The fourth-order valence-corrected chi connectivity index (χ4v) is 1.63. The summed E-state index contributed by atoms with van der Waals surface area (Å²) in [5.41, 5.74) is 6.57. The maximum absolute atomic E-state index is 12.7. The maximum atomic E-state index is 12.7. The van der Waals surface area contributed by atoms with Gasteiger partial charge in [-0.2, -0.15) is 0 Å². The van der Waals surface area contributed by atoms with E-state index in [1.54, 1.807) is 12.1 Å². The summed E-state index contributed by atoms with van der Waals surface area (Å²) in [5.74, 6) is -0.458. The van der Waals surface area contributed by atoms with E-state index in [1.165, 1.54) is 24.4 Å². The molecule has 1 aromatic carbocycles. The van der Waals surface area contributed by atoms with Crippen molar-refractivity contribution in [2.24, 2.45) is 0 Å². The molecule has 0 unspecified atom stereocenters. The summed E-state index contributed by atoms with van der Waals surface area (Å²) >= 11 is 5.78. The van der Waals surface area contributed by atoms with E-state index in [-0.39, 0.29) is 22.6 Å². The fourth-order valence-electron chi connectivity index (χ4n) is 1.46. The SMILES string of the molecule is Nc1ncc(C(=O)NCc2ccc(F)cc2)cc1Cl. The van der Waals surface area contributed by atoms with Gasteiger partial charge in [-0.25, -0.2) is 9.37 Å². The van der Waals surface area contributed by atoms with Crippen LogP contribution in [0.5, 0.6) is 0 Å². The lowest BCUT2D eigenvalue weighted by molar-refractivity contribution is 0.0950.